The van der Waals surface area contributed by atoms with Gasteiger partial charge in [-0.05, 0) is 105 Å². The van der Waals surface area contributed by atoms with Crippen LogP contribution in [0.5, 0.6) is 5.75 Å². The molecule has 4 fully saturated rings. The van der Waals surface area contributed by atoms with Gasteiger partial charge in [0.2, 0.25) is 5.91 Å². The second-order valence-corrected chi connectivity index (χ2v) is 17.7. The molecule has 56 heavy (non-hydrogen) atoms. The van der Waals surface area contributed by atoms with Crippen LogP contribution in [-0.2, 0) is 22.6 Å². The maximum atomic E-state index is 14.2. The van der Waals surface area contributed by atoms with Crippen LogP contribution in [0, 0.1) is 29.1 Å². The molecule has 7 rings (SSSR count). The van der Waals surface area contributed by atoms with Crippen LogP contribution in [0.25, 0.3) is 11.1 Å². The zero-order chi connectivity index (χ0) is 40.6. The second-order valence-electron chi connectivity index (χ2n) is 17.3. The summed E-state index contributed by atoms with van der Waals surface area (Å²) >= 11 is 6.91. The van der Waals surface area contributed by atoms with Gasteiger partial charge in [0.05, 0.1) is 25.7 Å². The molecule has 3 aliphatic carbocycles. The van der Waals surface area contributed by atoms with Gasteiger partial charge >= 0.3 is 0 Å². The molecule has 1 heterocycles. The molecule has 1 aliphatic heterocycles. The molecule has 2 bridgehead atoms. The summed E-state index contributed by atoms with van der Waals surface area (Å²) in [4.78, 5) is 38.2. The van der Waals surface area contributed by atoms with Crippen LogP contribution in [0.2, 0.25) is 5.02 Å². The number of carbonyl (C=O) groups excluding carboxylic acids is 2. The van der Waals surface area contributed by atoms with Crippen LogP contribution in [0.3, 0.4) is 0 Å². The Bertz CT molecular complexity index is 1870. The first-order valence-electron chi connectivity index (χ1n) is 19.8. The lowest BCUT2D eigenvalue weighted by Crippen LogP contribution is -2.62. The third kappa shape index (κ3) is 8.59. The van der Waals surface area contributed by atoms with E-state index in [1.54, 1.807) is 20.1 Å². The van der Waals surface area contributed by atoms with Crippen molar-refractivity contribution < 1.29 is 29.4 Å². The summed E-state index contributed by atoms with van der Waals surface area (Å²) in [5.41, 5.74) is 4.65. The molecule has 3 aromatic rings. The highest BCUT2D eigenvalue weighted by Crippen LogP contribution is 2.61. The number of likely N-dealkylation sites (N-methyl/N-ethyl adjacent to an activating group) is 1. The first kappa shape index (κ1) is 41.9. The highest BCUT2D eigenvalue weighted by Gasteiger charge is 2.57. The number of fused-ring (bicyclic) bond motifs is 2. The number of hydrogen-bond acceptors (Lipinski definition) is 9. The Morgan fingerprint density at radius 1 is 1.07 bits per heavy atom. The standard InChI is InChI=1S/C44H60ClN5O6/c1-25-35-21-30(44(35,3)4)22-37(25)47-42(53)39-38(26(2)51)43(54)56-50(39)24-34-36(45)16-15-33(40(34)55-9)28-18-29(20-32(19-28)49(7)8)41(52)46-31(23-48(5)6)17-27-13-11-10-12-14-27/h10-16,18-20,25-26,30-31,35,37-39,43,51,54H,17,21-24H2,1-9H3,(H,46,52)(H,47,53)/t25-,26-,30+,31-,35-,37-,38-,39-,43?/m0/s1. The number of hydroxylamine groups is 2. The number of aliphatic hydroxyl groups is 2. The van der Waals surface area contributed by atoms with Gasteiger partial charge in [0.15, 0.2) is 6.29 Å². The van der Waals surface area contributed by atoms with Crippen LogP contribution in [0.15, 0.2) is 60.7 Å². The summed E-state index contributed by atoms with van der Waals surface area (Å²) in [6.07, 6.45) is 0.306. The van der Waals surface area contributed by atoms with Crippen molar-refractivity contribution in [3.63, 3.8) is 0 Å². The minimum absolute atomic E-state index is 0.0122. The van der Waals surface area contributed by atoms with Crippen molar-refractivity contribution in [1.82, 2.24) is 20.6 Å². The van der Waals surface area contributed by atoms with E-state index in [1.165, 1.54) is 11.5 Å². The normalized spacial score (nSPS) is 26.6. The van der Waals surface area contributed by atoms with Crippen LogP contribution < -0.4 is 20.3 Å². The van der Waals surface area contributed by atoms with Gasteiger partial charge in [-0.3, -0.25) is 14.4 Å². The van der Waals surface area contributed by atoms with Crippen molar-refractivity contribution in [2.24, 2.45) is 29.1 Å². The molecular weight excluding hydrogens is 730 g/mol. The predicted octanol–water partition coefficient (Wildman–Crippen LogP) is 5.60. The zero-order valence-corrected chi connectivity index (χ0v) is 35.0. The van der Waals surface area contributed by atoms with E-state index >= 15 is 0 Å². The predicted molar refractivity (Wildman–Crippen MR) is 220 cm³/mol. The van der Waals surface area contributed by atoms with Gasteiger partial charge in [-0.15, -0.1) is 0 Å². The molecule has 12 heteroatoms. The molecule has 0 radical (unpaired) electrons. The smallest absolute Gasteiger partial charge is 0.251 e. The van der Waals surface area contributed by atoms with E-state index in [9.17, 15) is 19.8 Å². The molecule has 9 atom stereocenters. The SMILES string of the molecule is COc1c(-c2cc(C(=O)N[C@@H](Cc3ccccc3)CN(C)C)cc(N(C)C)c2)ccc(Cl)c1CN1OC(O)[C@@H]([C@H](C)O)[C@H]1C(=O)N[C@H]1C[C@H]2C[C@@H]([C@@H]1C)C2(C)C. The largest absolute Gasteiger partial charge is 0.496 e. The minimum Gasteiger partial charge on any atom is -0.496 e. The van der Waals surface area contributed by atoms with Crippen molar-refractivity contribution >= 4 is 29.1 Å². The summed E-state index contributed by atoms with van der Waals surface area (Å²) < 4.78 is 6.07. The Morgan fingerprint density at radius 2 is 1.79 bits per heavy atom. The van der Waals surface area contributed by atoms with E-state index in [1.807, 2.05) is 75.6 Å². The number of amides is 2. The van der Waals surface area contributed by atoms with Crippen LogP contribution in [0.4, 0.5) is 5.69 Å². The fraction of sp³-hybridized carbons (Fsp3) is 0.545. The van der Waals surface area contributed by atoms with Crippen molar-refractivity contribution in [2.75, 3.05) is 46.7 Å². The van der Waals surface area contributed by atoms with Crippen molar-refractivity contribution in [3.8, 4) is 16.9 Å². The van der Waals surface area contributed by atoms with Crippen LogP contribution >= 0.6 is 11.6 Å². The first-order chi connectivity index (χ1) is 26.5. The molecule has 0 aromatic heterocycles. The molecule has 2 amide bonds. The highest BCUT2D eigenvalue weighted by atomic mass is 35.5. The number of methoxy groups -OCH3 is 1. The molecule has 1 saturated heterocycles. The number of carbonyl (C=O) groups is 2. The Kier molecular flexibility index (Phi) is 12.7. The number of aliphatic hydroxyl groups excluding tert-OH is 2. The average Bonchev–Trinajstić information content (AvgIpc) is 3.48. The van der Waals surface area contributed by atoms with Gasteiger partial charge in [-0.2, -0.15) is 5.06 Å². The van der Waals surface area contributed by atoms with Gasteiger partial charge < -0.3 is 35.4 Å². The van der Waals surface area contributed by atoms with Gasteiger partial charge in [0.25, 0.3) is 5.91 Å². The van der Waals surface area contributed by atoms with E-state index in [-0.39, 0.29) is 35.9 Å². The van der Waals surface area contributed by atoms with E-state index in [4.69, 9.17) is 21.2 Å². The topological polar surface area (TPSA) is 127 Å². The van der Waals surface area contributed by atoms with Crippen molar-refractivity contribution in [2.45, 2.75) is 84.0 Å². The zero-order valence-electron chi connectivity index (χ0n) is 34.3. The maximum Gasteiger partial charge on any atom is 0.251 e. The number of nitrogens with one attached hydrogen (secondary N) is 2. The Hall–Kier alpha value is -3.71. The van der Waals surface area contributed by atoms with E-state index < -0.39 is 24.4 Å². The van der Waals surface area contributed by atoms with Crippen molar-refractivity contribution in [3.05, 3.63) is 82.4 Å². The number of benzene rings is 3. The highest BCUT2D eigenvalue weighted by molar-refractivity contribution is 6.31. The fourth-order valence-electron chi connectivity index (χ4n) is 9.47. The van der Waals surface area contributed by atoms with E-state index in [2.05, 4.69) is 48.4 Å². The maximum absolute atomic E-state index is 14.2. The van der Waals surface area contributed by atoms with E-state index in [0.717, 1.165) is 23.2 Å². The number of anilines is 1. The molecule has 4 N–H and O–H groups in total. The number of halogens is 1. The third-order valence-electron chi connectivity index (χ3n) is 12.7. The third-order valence-corrected chi connectivity index (χ3v) is 13.1. The summed E-state index contributed by atoms with van der Waals surface area (Å²) in [6, 6.07) is 18.3. The van der Waals surface area contributed by atoms with Crippen LogP contribution in [0.1, 0.15) is 62.0 Å². The Labute approximate surface area is 337 Å². The number of rotatable bonds is 14. The molecule has 3 saturated carbocycles. The Balaban J connectivity index is 1.30. The summed E-state index contributed by atoms with van der Waals surface area (Å²) in [7, 11) is 9.39. The summed E-state index contributed by atoms with van der Waals surface area (Å²) in [5, 5.41) is 30.3. The molecule has 4 aliphatic rings. The summed E-state index contributed by atoms with van der Waals surface area (Å²) in [5.74, 6) is 0.404. The quantitative estimate of drug-likeness (QED) is 0.165. The average molecular weight is 790 g/mol. The van der Waals surface area contributed by atoms with Crippen LogP contribution in [-0.4, -0.2) is 104 Å². The second kappa shape index (κ2) is 17.0. The lowest BCUT2D eigenvalue weighted by Gasteiger charge is -2.62. The summed E-state index contributed by atoms with van der Waals surface area (Å²) in [6.45, 7) is 9.06. The number of hydrogen-bond donors (Lipinski definition) is 4. The minimum atomic E-state index is -1.41. The van der Waals surface area contributed by atoms with Gasteiger partial charge in [0, 0.05) is 60.1 Å². The molecule has 1 unspecified atom stereocenters. The lowest BCUT2D eigenvalue weighted by molar-refractivity contribution is -0.231. The monoisotopic (exact) mass is 789 g/mol. The van der Waals surface area contributed by atoms with Gasteiger partial charge in [-0.1, -0.05) is 62.7 Å². The first-order valence-corrected chi connectivity index (χ1v) is 20.2. The fourth-order valence-corrected chi connectivity index (χ4v) is 9.68. The molecule has 0 spiro atoms. The number of nitrogens with zero attached hydrogens (tertiary/aromatic N) is 3. The molecule has 3 aromatic carbocycles. The van der Waals surface area contributed by atoms with E-state index in [0.29, 0.717) is 58.2 Å². The molecule has 11 nitrogen and oxygen atoms in total. The van der Waals surface area contributed by atoms with Crippen molar-refractivity contribution in [1.29, 1.82) is 0 Å². The molecular formula is C44H60ClN5O6. The van der Waals surface area contributed by atoms with Gasteiger partial charge in [-0.25, -0.2) is 0 Å². The van der Waals surface area contributed by atoms with Gasteiger partial charge in [0.1, 0.15) is 11.8 Å². The Morgan fingerprint density at radius 3 is 2.39 bits per heavy atom. The molecule has 304 valence electrons. The number of ether oxygens (including phenoxy) is 1. The lowest BCUT2D eigenvalue weighted by atomic mass is 9.45.